The zero-order valence-corrected chi connectivity index (χ0v) is 11.8. The summed E-state index contributed by atoms with van der Waals surface area (Å²) in [6, 6.07) is 15.0. The summed E-state index contributed by atoms with van der Waals surface area (Å²) in [5.74, 6) is -0.0690. The third kappa shape index (κ3) is 4.26. The van der Waals surface area contributed by atoms with E-state index >= 15 is 0 Å². The van der Waals surface area contributed by atoms with Gasteiger partial charge in [-0.3, -0.25) is 4.79 Å². The molecule has 21 heavy (non-hydrogen) atoms. The molecule has 0 spiro atoms. The third-order valence-corrected chi connectivity index (χ3v) is 3.18. The topological polar surface area (TPSA) is 37.3 Å². The summed E-state index contributed by atoms with van der Waals surface area (Å²) < 4.78 is 0. The Morgan fingerprint density at radius 1 is 1.10 bits per heavy atom. The highest BCUT2D eigenvalue weighted by Crippen LogP contribution is 2.10. The van der Waals surface area contributed by atoms with Crippen LogP contribution < -0.4 is 0 Å². The maximum Gasteiger partial charge on any atom is 0.185 e. The van der Waals surface area contributed by atoms with E-state index < -0.39 is 0 Å². The first kappa shape index (κ1) is 14.9. The summed E-state index contributed by atoms with van der Waals surface area (Å²) in [5.41, 5.74) is 3.50. The smallest absolute Gasteiger partial charge is 0.185 e. The number of hydrogen-bond donors (Lipinski definition) is 1. The van der Waals surface area contributed by atoms with Gasteiger partial charge in [0.1, 0.15) is 0 Å². The van der Waals surface area contributed by atoms with E-state index in [-0.39, 0.29) is 12.4 Å². The molecule has 0 atom stereocenters. The van der Waals surface area contributed by atoms with Crippen molar-refractivity contribution in [3.05, 3.63) is 89.5 Å². The average molecular weight is 278 g/mol. The number of hydrogen-bond acceptors (Lipinski definition) is 2. The van der Waals surface area contributed by atoms with Gasteiger partial charge in [0.15, 0.2) is 5.78 Å². The van der Waals surface area contributed by atoms with E-state index in [1.807, 2.05) is 30.3 Å². The van der Waals surface area contributed by atoms with Crippen molar-refractivity contribution in [2.24, 2.45) is 0 Å². The van der Waals surface area contributed by atoms with Crippen molar-refractivity contribution in [1.82, 2.24) is 0 Å². The quantitative estimate of drug-likeness (QED) is 0.496. The lowest BCUT2D eigenvalue weighted by atomic mass is 10.1. The molecule has 0 saturated carbocycles. The van der Waals surface area contributed by atoms with Gasteiger partial charge in [-0.25, -0.2) is 0 Å². The largest absolute Gasteiger partial charge is 0.392 e. The first-order chi connectivity index (χ1) is 10.2. The van der Waals surface area contributed by atoms with Gasteiger partial charge in [-0.05, 0) is 35.3 Å². The molecule has 1 N–H and O–H groups in total. The molecule has 0 unspecified atom stereocenters. The predicted octanol–water partition coefficient (Wildman–Crippen LogP) is 3.80. The van der Waals surface area contributed by atoms with Gasteiger partial charge in [0.05, 0.1) is 6.61 Å². The number of allylic oxidation sites excluding steroid dienone is 2. The van der Waals surface area contributed by atoms with Crippen molar-refractivity contribution in [1.29, 1.82) is 0 Å². The van der Waals surface area contributed by atoms with Gasteiger partial charge in [-0.2, -0.15) is 0 Å². The fourth-order valence-electron chi connectivity index (χ4n) is 2.02. The van der Waals surface area contributed by atoms with E-state index in [0.29, 0.717) is 5.56 Å². The highest BCUT2D eigenvalue weighted by molar-refractivity contribution is 6.06. The minimum atomic E-state index is -0.0690. The summed E-state index contributed by atoms with van der Waals surface area (Å²) in [7, 11) is 0. The van der Waals surface area contributed by atoms with Gasteiger partial charge in [0.25, 0.3) is 0 Å². The number of rotatable bonds is 6. The van der Waals surface area contributed by atoms with Crippen LogP contribution in [0.5, 0.6) is 0 Å². The number of aliphatic hydroxyl groups is 1. The SMILES string of the molecule is C=CCc1ccc(/C=C/C(=O)c2cccc(CO)c2)cc1. The van der Waals surface area contributed by atoms with E-state index in [4.69, 9.17) is 5.11 Å². The van der Waals surface area contributed by atoms with Crippen LogP contribution in [0, 0.1) is 0 Å². The third-order valence-electron chi connectivity index (χ3n) is 3.18. The highest BCUT2D eigenvalue weighted by Gasteiger charge is 2.02. The van der Waals surface area contributed by atoms with Gasteiger partial charge in [0.2, 0.25) is 0 Å². The lowest BCUT2D eigenvalue weighted by molar-refractivity contribution is 0.104. The van der Waals surface area contributed by atoms with Crippen LogP contribution in [-0.2, 0) is 13.0 Å². The monoisotopic (exact) mass is 278 g/mol. The van der Waals surface area contributed by atoms with E-state index in [1.165, 1.54) is 5.56 Å². The van der Waals surface area contributed by atoms with Gasteiger partial charge in [-0.15, -0.1) is 6.58 Å². The van der Waals surface area contributed by atoms with Gasteiger partial charge < -0.3 is 5.11 Å². The summed E-state index contributed by atoms with van der Waals surface area (Å²) in [6.07, 6.45) is 6.06. The number of carbonyl (C=O) groups excluding carboxylic acids is 1. The molecular weight excluding hydrogens is 260 g/mol. The van der Waals surface area contributed by atoms with E-state index in [2.05, 4.69) is 6.58 Å². The van der Waals surface area contributed by atoms with E-state index in [0.717, 1.165) is 17.5 Å². The Balaban J connectivity index is 2.08. The Morgan fingerprint density at radius 2 is 1.86 bits per heavy atom. The zero-order valence-electron chi connectivity index (χ0n) is 11.8. The molecule has 0 aromatic heterocycles. The second-order valence-corrected chi connectivity index (χ2v) is 4.79. The minimum Gasteiger partial charge on any atom is -0.392 e. The molecule has 2 rings (SSSR count). The Bertz CT molecular complexity index is 652. The molecule has 106 valence electrons. The van der Waals surface area contributed by atoms with Gasteiger partial charge in [-0.1, -0.05) is 54.6 Å². The Kier molecular flexibility index (Phi) is 5.24. The molecule has 2 nitrogen and oxygen atoms in total. The van der Waals surface area contributed by atoms with Crippen LogP contribution >= 0.6 is 0 Å². The second-order valence-electron chi connectivity index (χ2n) is 4.79. The van der Waals surface area contributed by atoms with Crippen molar-refractivity contribution >= 4 is 11.9 Å². The summed E-state index contributed by atoms with van der Waals surface area (Å²) in [5, 5.41) is 9.09. The molecule has 0 fully saturated rings. The zero-order chi connectivity index (χ0) is 15.1. The van der Waals surface area contributed by atoms with Crippen molar-refractivity contribution < 1.29 is 9.90 Å². The van der Waals surface area contributed by atoms with Crippen molar-refractivity contribution in [2.75, 3.05) is 0 Å². The van der Waals surface area contributed by atoms with Crippen molar-refractivity contribution in [3.63, 3.8) is 0 Å². The predicted molar refractivity (Wildman–Crippen MR) is 86.1 cm³/mol. The number of aliphatic hydroxyl groups excluding tert-OH is 1. The maximum absolute atomic E-state index is 12.1. The molecular formula is C19H18O2. The van der Waals surface area contributed by atoms with Crippen LogP contribution in [0.1, 0.15) is 27.0 Å². The summed E-state index contributed by atoms with van der Waals surface area (Å²) >= 11 is 0. The second kappa shape index (κ2) is 7.36. The highest BCUT2D eigenvalue weighted by atomic mass is 16.3. The van der Waals surface area contributed by atoms with Crippen LogP contribution in [0.25, 0.3) is 6.08 Å². The molecule has 0 radical (unpaired) electrons. The lowest BCUT2D eigenvalue weighted by Gasteiger charge is -2.00. The number of carbonyl (C=O) groups is 1. The minimum absolute atomic E-state index is 0.0599. The number of benzene rings is 2. The van der Waals surface area contributed by atoms with Crippen LogP contribution in [0.2, 0.25) is 0 Å². The molecule has 2 aromatic carbocycles. The van der Waals surface area contributed by atoms with E-state index in [1.54, 1.807) is 36.4 Å². The van der Waals surface area contributed by atoms with Crippen LogP contribution in [0.3, 0.4) is 0 Å². The normalized spacial score (nSPS) is 10.7. The lowest BCUT2D eigenvalue weighted by Crippen LogP contribution is -1.95. The first-order valence-electron chi connectivity index (χ1n) is 6.85. The molecule has 0 aliphatic heterocycles. The molecule has 0 heterocycles. The van der Waals surface area contributed by atoms with Crippen molar-refractivity contribution in [2.45, 2.75) is 13.0 Å². The average Bonchev–Trinajstić information content (AvgIpc) is 2.54. The van der Waals surface area contributed by atoms with Crippen LogP contribution in [0.15, 0.2) is 67.3 Å². The first-order valence-corrected chi connectivity index (χ1v) is 6.85. The molecule has 0 aliphatic carbocycles. The van der Waals surface area contributed by atoms with Crippen molar-refractivity contribution in [3.8, 4) is 0 Å². The Morgan fingerprint density at radius 3 is 2.52 bits per heavy atom. The summed E-state index contributed by atoms with van der Waals surface area (Å²) in [4.78, 5) is 12.1. The Hall–Kier alpha value is -2.45. The fraction of sp³-hybridized carbons (Fsp3) is 0.105. The molecule has 2 heteroatoms. The fourth-order valence-corrected chi connectivity index (χ4v) is 2.02. The maximum atomic E-state index is 12.1. The van der Waals surface area contributed by atoms with E-state index in [9.17, 15) is 4.79 Å². The van der Waals surface area contributed by atoms with Gasteiger partial charge >= 0.3 is 0 Å². The standard InChI is InChI=1S/C19H18O2/c1-2-4-15-7-9-16(10-8-15)11-12-19(21)18-6-3-5-17(13-18)14-20/h2-3,5-13,20H,1,4,14H2/b12-11+. The summed E-state index contributed by atoms with van der Waals surface area (Å²) in [6.45, 7) is 3.65. The van der Waals surface area contributed by atoms with Crippen LogP contribution in [0.4, 0.5) is 0 Å². The molecule has 0 aliphatic rings. The molecule has 0 amide bonds. The molecule has 0 bridgehead atoms. The molecule has 2 aromatic rings. The van der Waals surface area contributed by atoms with Gasteiger partial charge in [0, 0.05) is 5.56 Å². The molecule has 0 saturated heterocycles. The Labute approximate surface area is 125 Å². The van der Waals surface area contributed by atoms with Crippen LogP contribution in [-0.4, -0.2) is 10.9 Å². The number of ketones is 1.